The largest absolute Gasteiger partial charge is 0.457 e. The fraction of sp³-hybridized carbons (Fsp3) is 0.368. The fourth-order valence-electron chi connectivity index (χ4n) is 3.47. The number of ether oxygens (including phenoxy) is 1. The van der Waals surface area contributed by atoms with Crippen LogP contribution in [-0.2, 0) is 23.2 Å². The molecule has 0 saturated carbocycles. The lowest BCUT2D eigenvalue weighted by molar-refractivity contribution is -0.150. The highest BCUT2D eigenvalue weighted by Crippen LogP contribution is 2.23. The van der Waals surface area contributed by atoms with E-state index in [0.717, 1.165) is 15.5 Å². The summed E-state index contributed by atoms with van der Waals surface area (Å²) in [5, 5.41) is 0. The second-order valence-electron chi connectivity index (χ2n) is 6.86. The predicted octanol–water partition coefficient (Wildman–Crippen LogP) is 2.38. The monoisotopic (exact) mass is 445 g/mol. The number of aryl methyl sites for hydroxylation is 1. The van der Waals surface area contributed by atoms with Gasteiger partial charge in [-0.2, -0.15) is 0 Å². The quantitative estimate of drug-likeness (QED) is 0.619. The van der Waals surface area contributed by atoms with Crippen LogP contribution in [0.5, 0.6) is 0 Å². The Morgan fingerprint density at radius 3 is 2.86 bits per heavy atom. The second-order valence-corrected chi connectivity index (χ2v) is 7.77. The van der Waals surface area contributed by atoms with Crippen LogP contribution in [0.1, 0.15) is 18.7 Å². The molecule has 146 valence electrons. The number of nitrogens with zero attached hydrogens (tertiary/aromatic N) is 4. The maximum Gasteiger partial charge on any atom is 0.309 e. The van der Waals surface area contributed by atoms with Crippen LogP contribution in [0, 0.1) is 5.92 Å². The molecule has 3 aromatic rings. The van der Waals surface area contributed by atoms with Crippen LogP contribution in [0.3, 0.4) is 0 Å². The van der Waals surface area contributed by atoms with Gasteiger partial charge in [0.15, 0.2) is 0 Å². The molecule has 0 atom stereocenters. The lowest BCUT2D eigenvalue weighted by Crippen LogP contribution is -2.37. The van der Waals surface area contributed by atoms with Gasteiger partial charge in [0.05, 0.1) is 23.3 Å². The van der Waals surface area contributed by atoms with Crippen molar-refractivity contribution in [3.63, 3.8) is 0 Å². The molecule has 0 amide bonds. The molecule has 1 aromatic carbocycles. The molecular formula is C19H20BrN5O3. The minimum Gasteiger partial charge on any atom is -0.457 e. The summed E-state index contributed by atoms with van der Waals surface area (Å²) in [6.45, 7) is 1.48. The minimum atomic E-state index is -0.202. The number of rotatable bonds is 4. The lowest BCUT2D eigenvalue weighted by Gasteiger charge is -2.31. The van der Waals surface area contributed by atoms with Gasteiger partial charge in [0.1, 0.15) is 18.2 Å². The number of benzene rings is 1. The normalized spacial score (nSPS) is 15.1. The van der Waals surface area contributed by atoms with E-state index in [1.807, 2.05) is 34.7 Å². The minimum absolute atomic E-state index is 0.150. The van der Waals surface area contributed by atoms with Crippen LogP contribution in [-0.4, -0.2) is 38.6 Å². The first kappa shape index (κ1) is 18.7. The summed E-state index contributed by atoms with van der Waals surface area (Å²) in [5.41, 5.74) is 1.68. The third-order valence-electron chi connectivity index (χ3n) is 5.10. The first-order chi connectivity index (χ1) is 13.5. The van der Waals surface area contributed by atoms with E-state index in [1.54, 1.807) is 0 Å². The Morgan fingerprint density at radius 2 is 2.11 bits per heavy atom. The Hall–Kier alpha value is -2.68. The number of fused-ring (bicyclic) bond motifs is 1. The molecule has 0 spiro atoms. The first-order valence-corrected chi connectivity index (χ1v) is 9.88. The summed E-state index contributed by atoms with van der Waals surface area (Å²) in [7, 11) is 1.91. The van der Waals surface area contributed by atoms with Gasteiger partial charge in [-0.05, 0) is 31.0 Å². The van der Waals surface area contributed by atoms with Crippen LogP contribution in [0.25, 0.3) is 11.0 Å². The molecule has 1 N–H and O–H groups in total. The van der Waals surface area contributed by atoms with E-state index in [1.165, 1.54) is 12.4 Å². The van der Waals surface area contributed by atoms with Gasteiger partial charge in [0, 0.05) is 30.7 Å². The summed E-state index contributed by atoms with van der Waals surface area (Å²) in [6.07, 6.45) is 2.74. The third-order valence-corrected chi connectivity index (χ3v) is 5.59. The van der Waals surface area contributed by atoms with Gasteiger partial charge in [-0.25, -0.2) is 9.97 Å². The van der Waals surface area contributed by atoms with E-state index in [9.17, 15) is 9.59 Å². The van der Waals surface area contributed by atoms with Crippen molar-refractivity contribution in [2.45, 2.75) is 19.4 Å². The highest BCUT2D eigenvalue weighted by atomic mass is 79.9. The molecule has 28 heavy (non-hydrogen) atoms. The second kappa shape index (κ2) is 7.75. The summed E-state index contributed by atoms with van der Waals surface area (Å²) in [5.74, 6) is 1.00. The number of halogens is 1. The van der Waals surface area contributed by atoms with Gasteiger partial charge < -0.3 is 19.2 Å². The average molecular weight is 446 g/mol. The zero-order valence-corrected chi connectivity index (χ0v) is 17.0. The maximum atomic E-state index is 12.5. The van der Waals surface area contributed by atoms with Gasteiger partial charge in [-0.1, -0.05) is 15.9 Å². The number of hydrogen-bond acceptors (Lipinski definition) is 6. The van der Waals surface area contributed by atoms with E-state index < -0.39 is 0 Å². The number of anilines is 1. The van der Waals surface area contributed by atoms with Crippen molar-refractivity contribution < 1.29 is 9.53 Å². The summed E-state index contributed by atoms with van der Waals surface area (Å²) >= 11 is 3.46. The molecule has 9 heteroatoms. The molecule has 4 rings (SSSR count). The molecule has 2 aromatic heterocycles. The number of carbonyl (C=O) groups excluding carboxylic acids is 1. The topological polar surface area (TPSA) is 93.1 Å². The Kier molecular flexibility index (Phi) is 5.17. The molecule has 1 fully saturated rings. The SMILES string of the molecule is Cn1c(COC(=O)C2CCN(c3cc(=O)[nH]cn3)CC2)nc2ccc(Br)cc21. The highest BCUT2D eigenvalue weighted by molar-refractivity contribution is 9.10. The molecular weight excluding hydrogens is 426 g/mol. The number of imidazole rings is 1. The van der Waals surface area contributed by atoms with Crippen molar-refractivity contribution in [2.24, 2.45) is 13.0 Å². The standard InChI is InChI=1S/C19H20BrN5O3/c1-24-15-8-13(20)2-3-14(15)23-17(24)10-28-19(27)12-4-6-25(7-5-12)16-9-18(26)22-11-21-16/h2-3,8-9,11-12H,4-7,10H2,1H3,(H,21,22,26). The van der Waals surface area contributed by atoms with Gasteiger partial charge >= 0.3 is 5.97 Å². The molecule has 8 nitrogen and oxygen atoms in total. The molecule has 1 saturated heterocycles. The van der Waals surface area contributed by atoms with E-state index in [0.29, 0.717) is 37.6 Å². The molecule has 0 bridgehead atoms. The smallest absolute Gasteiger partial charge is 0.309 e. The molecule has 3 heterocycles. The van der Waals surface area contributed by atoms with Crippen molar-refractivity contribution in [3.8, 4) is 0 Å². The van der Waals surface area contributed by atoms with Crippen molar-refractivity contribution >= 4 is 38.8 Å². The number of aromatic nitrogens is 4. The van der Waals surface area contributed by atoms with Crippen LogP contribution in [0.4, 0.5) is 5.82 Å². The Labute approximate surface area is 169 Å². The summed E-state index contributed by atoms with van der Waals surface area (Å²) in [6, 6.07) is 7.34. The van der Waals surface area contributed by atoms with Gasteiger partial charge in [-0.3, -0.25) is 9.59 Å². The van der Waals surface area contributed by atoms with Gasteiger partial charge in [0.25, 0.3) is 5.56 Å². The zero-order chi connectivity index (χ0) is 19.7. The first-order valence-electron chi connectivity index (χ1n) is 9.08. The molecule has 0 radical (unpaired) electrons. The van der Waals surface area contributed by atoms with E-state index in [2.05, 4.69) is 30.9 Å². The van der Waals surface area contributed by atoms with Crippen LogP contribution < -0.4 is 10.5 Å². The number of piperidine rings is 1. The third kappa shape index (κ3) is 3.80. The number of aromatic amines is 1. The number of nitrogens with one attached hydrogen (secondary N) is 1. The van der Waals surface area contributed by atoms with Crippen molar-refractivity contribution in [1.29, 1.82) is 0 Å². The van der Waals surface area contributed by atoms with Gasteiger partial charge in [-0.15, -0.1) is 0 Å². The Bertz CT molecular complexity index is 1070. The fourth-order valence-corrected chi connectivity index (χ4v) is 3.82. The van der Waals surface area contributed by atoms with Crippen molar-refractivity contribution in [2.75, 3.05) is 18.0 Å². The van der Waals surface area contributed by atoms with Crippen LogP contribution >= 0.6 is 15.9 Å². The Balaban J connectivity index is 1.35. The predicted molar refractivity (Wildman–Crippen MR) is 108 cm³/mol. The molecule has 1 aliphatic rings. The molecule has 0 aliphatic carbocycles. The number of H-pyrrole nitrogens is 1. The van der Waals surface area contributed by atoms with Crippen LogP contribution in [0.15, 0.2) is 39.9 Å². The van der Waals surface area contributed by atoms with E-state index in [-0.39, 0.29) is 24.1 Å². The zero-order valence-electron chi connectivity index (χ0n) is 15.4. The van der Waals surface area contributed by atoms with Crippen LogP contribution in [0.2, 0.25) is 0 Å². The summed E-state index contributed by atoms with van der Waals surface area (Å²) < 4.78 is 8.46. The molecule has 1 aliphatic heterocycles. The van der Waals surface area contributed by atoms with E-state index >= 15 is 0 Å². The average Bonchev–Trinajstić information content (AvgIpc) is 3.01. The lowest BCUT2D eigenvalue weighted by atomic mass is 9.97. The summed E-state index contributed by atoms with van der Waals surface area (Å²) in [4.78, 5) is 37.2. The highest BCUT2D eigenvalue weighted by Gasteiger charge is 2.27. The van der Waals surface area contributed by atoms with Crippen molar-refractivity contribution in [1.82, 2.24) is 19.5 Å². The number of esters is 1. The van der Waals surface area contributed by atoms with Crippen molar-refractivity contribution in [3.05, 3.63) is 51.2 Å². The number of hydrogen-bond donors (Lipinski definition) is 1. The maximum absolute atomic E-state index is 12.5. The Morgan fingerprint density at radius 1 is 1.32 bits per heavy atom. The molecule has 0 unspecified atom stereocenters. The number of carbonyl (C=O) groups is 1. The van der Waals surface area contributed by atoms with E-state index in [4.69, 9.17) is 4.74 Å². The van der Waals surface area contributed by atoms with Gasteiger partial charge in [0.2, 0.25) is 0 Å².